The Kier molecular flexibility index (Phi) is 15.1. The summed E-state index contributed by atoms with van der Waals surface area (Å²) in [7, 11) is 0. The van der Waals surface area contributed by atoms with Gasteiger partial charge in [-0.25, -0.2) is 0 Å². The molecule has 0 radical (unpaired) electrons. The van der Waals surface area contributed by atoms with E-state index in [1.807, 2.05) is 0 Å². The Labute approximate surface area is 682 Å². The number of hydrogen-bond donors (Lipinski definition) is 0. The van der Waals surface area contributed by atoms with Crippen molar-refractivity contribution in [3.8, 4) is 89.3 Å². The lowest BCUT2D eigenvalue weighted by Crippen LogP contribution is -2.16. The molecule has 0 saturated carbocycles. The van der Waals surface area contributed by atoms with Crippen molar-refractivity contribution >= 4 is 99.3 Å². The van der Waals surface area contributed by atoms with Crippen LogP contribution in [0.5, 0.6) is 0 Å². The molecule has 0 fully saturated rings. The molecule has 4 heteroatoms. The van der Waals surface area contributed by atoms with Crippen molar-refractivity contribution in [2.24, 2.45) is 0 Å². The second kappa shape index (κ2) is 25.8. The zero-order chi connectivity index (χ0) is 78.2. The maximum Gasteiger partial charge on any atom is 0.0568 e. The molecule has 3 aliphatic rings. The molecule has 2 heterocycles. The van der Waals surface area contributed by atoms with Crippen LogP contribution in [-0.2, 0) is 16.2 Å². The molecule has 0 saturated heterocycles. The number of benzene rings is 18. The zero-order valence-electron chi connectivity index (χ0n) is 66.2. The third kappa shape index (κ3) is 10.3. The molecule has 0 N–H and O–H groups in total. The number of para-hydroxylation sites is 2. The molecule has 4 nitrogen and oxygen atoms in total. The normalized spacial score (nSPS) is 13.8. The van der Waals surface area contributed by atoms with Crippen LogP contribution in [0, 0.1) is 0 Å². The van der Waals surface area contributed by atoms with E-state index in [9.17, 15) is 0 Å². The standard InChI is InChI=1S/C113H82N4/c1-111(2)94-43-24-21-40-91(94)105-96(111)63-65-99-109(105)107-89-38-18-16-36-87(89)101(69-103(107)116(99)79-31-12-8-13-32-79)114(81-55-49-73(50-56-81)71-27-10-7-11-28-71)82-59-53-76(54-60-82)78-30-26-29-77(67-78)75-47-45-72(46-48-75)74-51-57-83(58-52-74)115(84-61-62-86-85-35-20-23-42-93(85)113(5,6)98(86)68-84)102-70-104-108(90-39-19-17-37-88(90)102)110-100(117(104)80-33-14-9-15-34-80)66-64-97-106(110)92-41-22-25-44-95(92)112(97,3)4/h7-70H,1-6H3. The number of hydrogen-bond acceptors (Lipinski definition) is 2. The minimum absolute atomic E-state index is 0.155. The average molecular weight is 1500 g/mol. The van der Waals surface area contributed by atoms with E-state index in [0.717, 1.165) is 84.4 Å². The quantitative estimate of drug-likeness (QED) is 0.121. The van der Waals surface area contributed by atoms with Gasteiger partial charge in [0.2, 0.25) is 0 Å². The van der Waals surface area contributed by atoms with Crippen LogP contribution in [0.25, 0.3) is 154 Å². The highest BCUT2D eigenvalue weighted by Gasteiger charge is 2.41. The van der Waals surface area contributed by atoms with Crippen LogP contribution in [0.3, 0.4) is 0 Å². The van der Waals surface area contributed by atoms with Gasteiger partial charge < -0.3 is 18.9 Å². The summed E-state index contributed by atoms with van der Waals surface area (Å²) < 4.78 is 5.03. The summed E-state index contributed by atoms with van der Waals surface area (Å²) in [5.74, 6) is 0. The molecule has 0 atom stereocenters. The molecule has 23 rings (SSSR count). The summed E-state index contributed by atoms with van der Waals surface area (Å²) in [5, 5.41) is 9.97. The number of aromatic nitrogens is 2. The summed E-state index contributed by atoms with van der Waals surface area (Å²) in [5.41, 5.74) is 38.5. The van der Waals surface area contributed by atoms with Gasteiger partial charge in [-0.05, 0) is 225 Å². The first-order valence-corrected chi connectivity index (χ1v) is 41.1. The zero-order valence-corrected chi connectivity index (χ0v) is 66.2. The van der Waals surface area contributed by atoms with Crippen molar-refractivity contribution in [2.45, 2.75) is 57.8 Å². The van der Waals surface area contributed by atoms with E-state index in [2.05, 4.69) is 449 Å². The SMILES string of the molecule is CC1(C)c2ccccc2-c2ccc(N(c3ccc(-c4ccc(-c5cccc(-c6ccc(N(c7ccc(-c8ccccc8)cc7)c7cc8c(c9ccccc79)c7c9c(ccc7n8-c7ccccc7)C(C)(C)c7ccccc7-9)cc6)c5)cc4)cc3)c3cc4c(c5ccccc35)c3c5c(ccc3n4-c3ccccc3)C(C)(C)c3ccccc3-5)cc21. The lowest BCUT2D eigenvalue weighted by Gasteiger charge is -2.29. The predicted octanol–water partition coefficient (Wildman–Crippen LogP) is 30.7. The van der Waals surface area contributed by atoms with Crippen molar-refractivity contribution in [3.05, 3.63) is 422 Å². The van der Waals surface area contributed by atoms with Crippen LogP contribution in [0.4, 0.5) is 34.1 Å². The van der Waals surface area contributed by atoms with Gasteiger partial charge in [0.25, 0.3) is 0 Å². The van der Waals surface area contributed by atoms with E-state index in [4.69, 9.17) is 0 Å². The molecule has 3 aliphatic carbocycles. The van der Waals surface area contributed by atoms with Gasteiger partial charge >= 0.3 is 0 Å². The van der Waals surface area contributed by atoms with Gasteiger partial charge in [0, 0.05) is 82.7 Å². The van der Waals surface area contributed by atoms with Crippen molar-refractivity contribution in [3.63, 3.8) is 0 Å². The maximum atomic E-state index is 2.53. The van der Waals surface area contributed by atoms with Gasteiger partial charge in [-0.1, -0.05) is 327 Å². The first kappa shape index (κ1) is 68.3. The van der Waals surface area contributed by atoms with Crippen LogP contribution in [0.15, 0.2) is 388 Å². The molecule has 20 aromatic rings. The molecule has 0 amide bonds. The molecular weight excluding hydrogens is 1410 g/mol. The van der Waals surface area contributed by atoms with Crippen molar-refractivity contribution in [2.75, 3.05) is 9.80 Å². The Morgan fingerprint density at radius 2 is 0.513 bits per heavy atom. The second-order valence-corrected chi connectivity index (χ2v) is 33.9. The van der Waals surface area contributed by atoms with E-state index in [1.54, 1.807) is 0 Å². The molecule has 0 spiro atoms. The Morgan fingerprint density at radius 3 is 0.957 bits per heavy atom. The van der Waals surface area contributed by atoms with Crippen LogP contribution < -0.4 is 9.80 Å². The van der Waals surface area contributed by atoms with Crippen molar-refractivity contribution in [1.29, 1.82) is 0 Å². The minimum Gasteiger partial charge on any atom is -0.310 e. The summed E-state index contributed by atoms with van der Waals surface area (Å²) in [4.78, 5) is 5.01. The first-order chi connectivity index (χ1) is 57.3. The van der Waals surface area contributed by atoms with E-state index < -0.39 is 0 Å². The lowest BCUT2D eigenvalue weighted by atomic mass is 9.82. The van der Waals surface area contributed by atoms with Gasteiger partial charge in [-0.2, -0.15) is 0 Å². The predicted molar refractivity (Wildman–Crippen MR) is 494 cm³/mol. The second-order valence-electron chi connectivity index (χ2n) is 33.9. The van der Waals surface area contributed by atoms with Crippen LogP contribution >= 0.6 is 0 Å². The average Bonchev–Trinajstić information content (AvgIpc) is 1.53. The Balaban J connectivity index is 0.614. The fourth-order valence-electron chi connectivity index (χ4n) is 20.8. The Hall–Kier alpha value is -14.3. The van der Waals surface area contributed by atoms with Crippen LogP contribution in [0.1, 0.15) is 74.9 Å². The van der Waals surface area contributed by atoms with Gasteiger partial charge in [0.05, 0.1) is 33.4 Å². The topological polar surface area (TPSA) is 16.3 Å². The molecule has 0 aliphatic heterocycles. The fraction of sp³-hybridized carbons (Fsp3) is 0.0796. The monoisotopic (exact) mass is 1490 g/mol. The van der Waals surface area contributed by atoms with Crippen molar-refractivity contribution in [1.82, 2.24) is 9.13 Å². The maximum absolute atomic E-state index is 2.53. The Morgan fingerprint density at radius 1 is 0.197 bits per heavy atom. The van der Waals surface area contributed by atoms with Gasteiger partial charge in [0.15, 0.2) is 0 Å². The molecule has 554 valence electrons. The molecule has 2 aromatic heterocycles. The van der Waals surface area contributed by atoms with Gasteiger partial charge in [0.1, 0.15) is 0 Å². The number of fused-ring (bicyclic) bond motifs is 21. The molecule has 0 bridgehead atoms. The molecular formula is C113H82N4. The van der Waals surface area contributed by atoms with E-state index in [0.29, 0.717) is 0 Å². The largest absolute Gasteiger partial charge is 0.310 e. The van der Waals surface area contributed by atoms with Gasteiger partial charge in [-0.15, -0.1) is 0 Å². The number of anilines is 6. The summed E-state index contributed by atoms with van der Waals surface area (Å²) in [6.07, 6.45) is 0. The van der Waals surface area contributed by atoms with Crippen LogP contribution in [0.2, 0.25) is 0 Å². The highest BCUT2D eigenvalue weighted by Crippen LogP contribution is 2.59. The van der Waals surface area contributed by atoms with E-state index in [1.165, 1.54) is 138 Å². The fourth-order valence-corrected chi connectivity index (χ4v) is 20.8. The first-order valence-electron chi connectivity index (χ1n) is 41.1. The highest BCUT2D eigenvalue weighted by molar-refractivity contribution is 6.30. The lowest BCUT2D eigenvalue weighted by molar-refractivity contribution is 0.660. The third-order valence-electron chi connectivity index (χ3n) is 26.5. The molecule has 0 unspecified atom stereocenters. The third-order valence-corrected chi connectivity index (χ3v) is 26.5. The van der Waals surface area contributed by atoms with Crippen LogP contribution in [-0.4, -0.2) is 9.13 Å². The summed E-state index contributed by atoms with van der Waals surface area (Å²) in [6.45, 7) is 14.3. The Bertz CT molecular complexity index is 7470. The van der Waals surface area contributed by atoms with Crippen molar-refractivity contribution < 1.29 is 0 Å². The summed E-state index contributed by atoms with van der Waals surface area (Å²) >= 11 is 0. The van der Waals surface area contributed by atoms with E-state index in [-0.39, 0.29) is 16.2 Å². The molecule has 117 heavy (non-hydrogen) atoms. The number of rotatable bonds is 12. The summed E-state index contributed by atoms with van der Waals surface area (Å²) in [6, 6.07) is 146. The highest BCUT2D eigenvalue weighted by atomic mass is 15.2. The minimum atomic E-state index is -0.204. The smallest absolute Gasteiger partial charge is 0.0568 e. The van der Waals surface area contributed by atoms with E-state index >= 15 is 0 Å². The van der Waals surface area contributed by atoms with Gasteiger partial charge in [-0.3, -0.25) is 0 Å². The number of nitrogens with zero attached hydrogens (tertiary/aromatic N) is 4. The molecule has 18 aromatic carbocycles.